The number of hydrogen-bond acceptors (Lipinski definition) is 3. The fraction of sp³-hybridized carbons (Fsp3) is 1.00. The predicted octanol–water partition coefficient (Wildman–Crippen LogP) is -0.321. The maximum atomic E-state index is 5.34. The monoisotopic (exact) mass is 156 g/mol. The molecule has 2 heterocycles. The van der Waals surface area contributed by atoms with Gasteiger partial charge in [-0.25, -0.2) is 0 Å². The largest absolute Gasteiger partial charge is 0.380 e. The number of likely N-dealkylation sites (N-methyl/N-ethyl adjacent to an activating group) is 1. The van der Waals surface area contributed by atoms with E-state index in [1.165, 1.54) is 6.42 Å². The van der Waals surface area contributed by atoms with E-state index in [1.54, 1.807) is 0 Å². The number of ether oxygens (including phenoxy) is 1. The summed E-state index contributed by atoms with van der Waals surface area (Å²) in [4.78, 5) is 2.43. The van der Waals surface area contributed by atoms with Gasteiger partial charge >= 0.3 is 0 Å². The van der Waals surface area contributed by atoms with E-state index in [0.29, 0.717) is 11.6 Å². The molecule has 3 heteroatoms. The van der Waals surface area contributed by atoms with Gasteiger partial charge in [0.1, 0.15) is 0 Å². The minimum Gasteiger partial charge on any atom is -0.380 e. The summed E-state index contributed by atoms with van der Waals surface area (Å²) in [7, 11) is 4.00. The lowest BCUT2D eigenvalue weighted by Crippen LogP contribution is -2.65. The summed E-state index contributed by atoms with van der Waals surface area (Å²) in [6.45, 7) is 3.38. The van der Waals surface area contributed by atoms with Gasteiger partial charge in [0.2, 0.25) is 0 Å². The van der Waals surface area contributed by atoms with Gasteiger partial charge in [-0.05, 0) is 13.5 Å². The van der Waals surface area contributed by atoms with Crippen LogP contribution < -0.4 is 5.32 Å². The molecule has 2 fully saturated rings. The molecule has 2 aliphatic heterocycles. The summed E-state index contributed by atoms with van der Waals surface area (Å²) in [6.07, 6.45) is 1.66. The van der Waals surface area contributed by atoms with Gasteiger partial charge in [-0.2, -0.15) is 0 Å². The zero-order valence-electron chi connectivity index (χ0n) is 7.26. The van der Waals surface area contributed by atoms with Crippen LogP contribution in [0.25, 0.3) is 0 Å². The summed E-state index contributed by atoms with van der Waals surface area (Å²) in [5.74, 6) is 0. The van der Waals surface area contributed by atoms with Crippen molar-refractivity contribution in [2.45, 2.75) is 18.1 Å². The van der Waals surface area contributed by atoms with Crippen LogP contribution in [0.1, 0.15) is 6.42 Å². The van der Waals surface area contributed by atoms with Crippen molar-refractivity contribution in [1.29, 1.82) is 0 Å². The summed E-state index contributed by atoms with van der Waals surface area (Å²) < 4.78 is 5.34. The topological polar surface area (TPSA) is 24.5 Å². The van der Waals surface area contributed by atoms with Crippen molar-refractivity contribution in [3.63, 3.8) is 0 Å². The van der Waals surface area contributed by atoms with Crippen molar-refractivity contribution in [1.82, 2.24) is 10.2 Å². The van der Waals surface area contributed by atoms with Crippen molar-refractivity contribution < 1.29 is 4.74 Å². The minimum absolute atomic E-state index is 0.445. The highest BCUT2D eigenvalue weighted by Crippen LogP contribution is 2.32. The lowest BCUT2D eigenvalue weighted by molar-refractivity contribution is 0.0996. The molecule has 0 aromatic rings. The Labute approximate surface area is 67.7 Å². The Hall–Kier alpha value is -0.120. The second-order valence-corrected chi connectivity index (χ2v) is 3.77. The lowest BCUT2D eigenvalue weighted by atomic mass is 9.89. The molecule has 0 aliphatic carbocycles. The maximum absolute atomic E-state index is 5.34. The fourth-order valence-electron chi connectivity index (χ4n) is 2.13. The van der Waals surface area contributed by atoms with Gasteiger partial charge in [-0.15, -0.1) is 0 Å². The Bertz CT molecular complexity index is 156. The van der Waals surface area contributed by atoms with E-state index in [9.17, 15) is 0 Å². The van der Waals surface area contributed by atoms with Gasteiger partial charge < -0.3 is 10.1 Å². The fourth-order valence-corrected chi connectivity index (χ4v) is 2.13. The van der Waals surface area contributed by atoms with Crippen LogP contribution in [0.5, 0.6) is 0 Å². The molecule has 64 valence electrons. The Kier molecular flexibility index (Phi) is 1.67. The van der Waals surface area contributed by atoms with Crippen molar-refractivity contribution in [3.8, 4) is 0 Å². The quantitative estimate of drug-likeness (QED) is 0.563. The number of nitrogens with one attached hydrogen (secondary N) is 1. The third-order valence-corrected chi connectivity index (χ3v) is 3.14. The second-order valence-electron chi connectivity index (χ2n) is 3.77. The number of likely N-dealkylation sites (tertiary alicyclic amines) is 1. The number of rotatable bonds is 1. The summed E-state index contributed by atoms with van der Waals surface area (Å²) >= 11 is 0. The minimum atomic E-state index is 0.445. The zero-order chi connectivity index (χ0) is 7.90. The maximum Gasteiger partial charge on any atom is 0.0716 e. The van der Waals surface area contributed by atoms with Crippen molar-refractivity contribution in [2.75, 3.05) is 33.8 Å². The molecule has 1 N–H and O–H groups in total. The Balaban J connectivity index is 2.02. The molecule has 0 aromatic heterocycles. The highest BCUT2D eigenvalue weighted by molar-refractivity contribution is 5.07. The van der Waals surface area contributed by atoms with Crippen LogP contribution in [-0.4, -0.2) is 50.3 Å². The van der Waals surface area contributed by atoms with Crippen LogP contribution in [0.3, 0.4) is 0 Å². The van der Waals surface area contributed by atoms with Gasteiger partial charge in [-0.3, -0.25) is 4.90 Å². The highest BCUT2D eigenvalue weighted by atomic mass is 16.5. The van der Waals surface area contributed by atoms with Crippen molar-refractivity contribution in [2.24, 2.45) is 0 Å². The van der Waals surface area contributed by atoms with Crippen LogP contribution in [0.15, 0.2) is 0 Å². The highest BCUT2D eigenvalue weighted by Gasteiger charge is 2.47. The van der Waals surface area contributed by atoms with Gasteiger partial charge in [-0.1, -0.05) is 0 Å². The van der Waals surface area contributed by atoms with Gasteiger partial charge in [0.05, 0.1) is 6.10 Å². The number of nitrogens with zero attached hydrogens (tertiary/aromatic N) is 1. The number of methoxy groups -OCH3 is 1. The van der Waals surface area contributed by atoms with Crippen LogP contribution in [0.4, 0.5) is 0 Å². The van der Waals surface area contributed by atoms with Gasteiger partial charge in [0.15, 0.2) is 0 Å². The Morgan fingerprint density at radius 3 is 2.55 bits per heavy atom. The van der Waals surface area contributed by atoms with E-state index in [-0.39, 0.29) is 0 Å². The molecule has 1 spiro atoms. The normalized spacial score (nSPS) is 36.0. The van der Waals surface area contributed by atoms with Crippen LogP contribution in [0, 0.1) is 0 Å². The van der Waals surface area contributed by atoms with Crippen LogP contribution in [-0.2, 0) is 4.74 Å². The standard InChI is InChI=1S/C8H16N2O/c1-10-4-7(11-2)3-8(10)5-9-6-8/h7,9H,3-6H2,1-2H3. The molecule has 0 radical (unpaired) electrons. The van der Waals surface area contributed by atoms with Gasteiger partial charge in [0, 0.05) is 32.3 Å². The van der Waals surface area contributed by atoms with Crippen molar-refractivity contribution >= 4 is 0 Å². The van der Waals surface area contributed by atoms with E-state index in [1.807, 2.05) is 7.11 Å². The predicted molar refractivity (Wildman–Crippen MR) is 43.6 cm³/mol. The lowest BCUT2D eigenvalue weighted by Gasteiger charge is -2.44. The van der Waals surface area contributed by atoms with Gasteiger partial charge in [0.25, 0.3) is 0 Å². The summed E-state index contributed by atoms with van der Waals surface area (Å²) in [5, 5.41) is 3.32. The molecule has 2 aliphatic rings. The van der Waals surface area contributed by atoms with Crippen LogP contribution in [0.2, 0.25) is 0 Å². The Morgan fingerprint density at radius 2 is 2.27 bits per heavy atom. The average Bonchev–Trinajstić information content (AvgIpc) is 2.25. The molecule has 1 unspecified atom stereocenters. The first-order chi connectivity index (χ1) is 5.27. The smallest absolute Gasteiger partial charge is 0.0716 e. The van der Waals surface area contributed by atoms with E-state index in [4.69, 9.17) is 4.74 Å². The number of hydrogen-bond donors (Lipinski definition) is 1. The van der Waals surface area contributed by atoms with Crippen molar-refractivity contribution in [3.05, 3.63) is 0 Å². The third kappa shape index (κ3) is 0.991. The molecule has 2 saturated heterocycles. The molecule has 2 rings (SSSR count). The van der Waals surface area contributed by atoms with E-state index in [0.717, 1.165) is 19.6 Å². The molecule has 1 atom stereocenters. The first kappa shape index (κ1) is 7.53. The first-order valence-corrected chi connectivity index (χ1v) is 4.22. The first-order valence-electron chi connectivity index (χ1n) is 4.22. The summed E-state index contributed by atoms with van der Waals surface area (Å²) in [6, 6.07) is 0. The molecule has 0 amide bonds. The molecule has 0 saturated carbocycles. The molecule has 0 aromatic carbocycles. The molecular weight excluding hydrogens is 140 g/mol. The molecule has 11 heavy (non-hydrogen) atoms. The molecular formula is C8H16N2O. The van der Waals surface area contributed by atoms with Crippen LogP contribution >= 0.6 is 0 Å². The third-order valence-electron chi connectivity index (χ3n) is 3.14. The van der Waals surface area contributed by atoms with E-state index in [2.05, 4.69) is 17.3 Å². The molecule has 3 nitrogen and oxygen atoms in total. The zero-order valence-corrected chi connectivity index (χ0v) is 7.26. The molecule has 0 bridgehead atoms. The van der Waals surface area contributed by atoms with E-state index < -0.39 is 0 Å². The Morgan fingerprint density at radius 1 is 1.55 bits per heavy atom. The summed E-state index contributed by atoms with van der Waals surface area (Å²) in [5.41, 5.74) is 0.445. The van der Waals surface area contributed by atoms with E-state index >= 15 is 0 Å². The average molecular weight is 156 g/mol. The second kappa shape index (κ2) is 2.44. The SMILES string of the molecule is COC1CN(C)C2(CNC2)C1.